The minimum atomic E-state index is -0.409. The molecule has 0 spiro atoms. The summed E-state index contributed by atoms with van der Waals surface area (Å²) >= 11 is 1.66. The second-order valence-electron chi connectivity index (χ2n) is 3.78. The van der Waals surface area contributed by atoms with Crippen molar-refractivity contribution in [3.8, 4) is 11.4 Å². The summed E-state index contributed by atoms with van der Waals surface area (Å²) in [4.78, 5) is 18.6. The average molecular weight is 258 g/mol. The first kappa shape index (κ1) is 11.0. The molecule has 0 fully saturated rings. The maximum absolute atomic E-state index is 11.4. The summed E-state index contributed by atoms with van der Waals surface area (Å²) in [5, 5.41) is 3.16. The molecule has 1 N–H and O–H groups in total. The summed E-state index contributed by atoms with van der Waals surface area (Å²) in [6.07, 6.45) is 1.49. The van der Waals surface area contributed by atoms with Crippen molar-refractivity contribution in [1.82, 2.24) is 9.97 Å². The lowest BCUT2D eigenvalue weighted by Crippen LogP contribution is -2.00. The number of thiophene rings is 1. The van der Waals surface area contributed by atoms with Crippen LogP contribution in [0.25, 0.3) is 21.5 Å². The third kappa shape index (κ3) is 1.69. The Morgan fingerprint density at radius 1 is 1.39 bits per heavy atom. The van der Waals surface area contributed by atoms with Crippen molar-refractivity contribution in [2.75, 3.05) is 7.11 Å². The lowest BCUT2D eigenvalue weighted by atomic mass is 10.2. The van der Waals surface area contributed by atoms with Crippen molar-refractivity contribution >= 4 is 27.4 Å². The van der Waals surface area contributed by atoms with Crippen LogP contribution in [0.4, 0.5) is 0 Å². The molecule has 0 radical (unpaired) electrons. The topological polar surface area (TPSA) is 55.0 Å². The summed E-state index contributed by atoms with van der Waals surface area (Å²) in [7, 11) is 1.35. The van der Waals surface area contributed by atoms with Crippen molar-refractivity contribution < 1.29 is 9.53 Å². The quantitative estimate of drug-likeness (QED) is 0.719. The zero-order chi connectivity index (χ0) is 12.5. The van der Waals surface area contributed by atoms with Gasteiger partial charge in [-0.15, -0.1) is 11.3 Å². The summed E-state index contributed by atoms with van der Waals surface area (Å²) in [5.41, 5.74) is 1.37. The molecule has 0 aliphatic rings. The van der Waals surface area contributed by atoms with Crippen LogP contribution in [0.3, 0.4) is 0 Å². The number of aromatic amines is 1. The molecule has 0 amide bonds. The van der Waals surface area contributed by atoms with Gasteiger partial charge in [0, 0.05) is 21.0 Å². The lowest BCUT2D eigenvalue weighted by molar-refractivity contribution is 0.0595. The smallest absolute Gasteiger partial charge is 0.356 e. The molecule has 1 aromatic carbocycles. The molecule has 5 heteroatoms. The molecule has 0 saturated carbocycles. The number of H-pyrrole nitrogens is 1. The molecular weight excluding hydrogens is 248 g/mol. The molecule has 90 valence electrons. The van der Waals surface area contributed by atoms with Gasteiger partial charge in [-0.2, -0.15) is 0 Å². The van der Waals surface area contributed by atoms with Crippen molar-refractivity contribution in [1.29, 1.82) is 0 Å². The van der Waals surface area contributed by atoms with Crippen LogP contribution in [0.15, 0.2) is 35.8 Å². The van der Waals surface area contributed by atoms with Gasteiger partial charge in [0.15, 0.2) is 0 Å². The van der Waals surface area contributed by atoms with E-state index >= 15 is 0 Å². The number of carbonyl (C=O) groups is 1. The number of esters is 1. The SMILES string of the molecule is COC(=O)c1cnc(-c2csc3ccccc23)[nH]1. The van der Waals surface area contributed by atoms with Crippen LogP contribution in [0.2, 0.25) is 0 Å². The van der Waals surface area contributed by atoms with Gasteiger partial charge >= 0.3 is 5.97 Å². The third-order valence-corrected chi connectivity index (χ3v) is 3.68. The number of fused-ring (bicyclic) bond motifs is 1. The predicted molar refractivity (Wildman–Crippen MR) is 70.7 cm³/mol. The molecule has 0 aliphatic carbocycles. The monoisotopic (exact) mass is 258 g/mol. The maximum Gasteiger partial charge on any atom is 0.356 e. The van der Waals surface area contributed by atoms with Gasteiger partial charge in [-0.25, -0.2) is 9.78 Å². The Hall–Kier alpha value is -2.14. The van der Waals surface area contributed by atoms with E-state index in [-0.39, 0.29) is 0 Å². The Morgan fingerprint density at radius 2 is 2.22 bits per heavy atom. The average Bonchev–Trinajstić information content (AvgIpc) is 3.03. The fourth-order valence-corrected chi connectivity index (χ4v) is 2.78. The number of rotatable bonds is 2. The van der Waals surface area contributed by atoms with Crippen LogP contribution in [-0.2, 0) is 4.74 Å². The van der Waals surface area contributed by atoms with Crippen LogP contribution < -0.4 is 0 Å². The van der Waals surface area contributed by atoms with Crippen molar-refractivity contribution in [2.45, 2.75) is 0 Å². The van der Waals surface area contributed by atoms with E-state index in [0.29, 0.717) is 11.5 Å². The Labute approximate surface area is 107 Å². The van der Waals surface area contributed by atoms with E-state index in [0.717, 1.165) is 10.9 Å². The molecule has 0 saturated heterocycles. The van der Waals surface area contributed by atoms with E-state index in [9.17, 15) is 4.79 Å². The fraction of sp³-hybridized carbons (Fsp3) is 0.0769. The van der Waals surface area contributed by atoms with Crippen molar-refractivity contribution in [2.24, 2.45) is 0 Å². The van der Waals surface area contributed by atoms with Gasteiger partial charge in [0.25, 0.3) is 0 Å². The number of methoxy groups -OCH3 is 1. The van der Waals surface area contributed by atoms with E-state index in [1.54, 1.807) is 11.3 Å². The molecular formula is C13H10N2O2S. The number of hydrogen-bond donors (Lipinski definition) is 1. The molecule has 3 aromatic rings. The number of imidazole rings is 1. The predicted octanol–water partition coefficient (Wildman–Crippen LogP) is 3.08. The molecule has 2 heterocycles. The number of carbonyl (C=O) groups excluding carboxylic acids is 1. The number of nitrogens with zero attached hydrogens (tertiary/aromatic N) is 1. The molecule has 0 aliphatic heterocycles. The van der Waals surface area contributed by atoms with Gasteiger partial charge in [0.05, 0.1) is 13.3 Å². The van der Waals surface area contributed by atoms with Gasteiger partial charge in [0.2, 0.25) is 0 Å². The number of aromatic nitrogens is 2. The van der Waals surface area contributed by atoms with Crippen LogP contribution in [0.5, 0.6) is 0 Å². The third-order valence-electron chi connectivity index (χ3n) is 2.72. The first-order valence-electron chi connectivity index (χ1n) is 5.39. The first-order valence-corrected chi connectivity index (χ1v) is 6.27. The zero-order valence-corrected chi connectivity index (χ0v) is 10.5. The Balaban J connectivity index is 2.09. The Morgan fingerprint density at radius 3 is 3.06 bits per heavy atom. The number of hydrogen-bond acceptors (Lipinski definition) is 4. The minimum Gasteiger partial charge on any atom is -0.464 e. The minimum absolute atomic E-state index is 0.364. The molecule has 4 nitrogen and oxygen atoms in total. The first-order chi connectivity index (χ1) is 8.79. The van der Waals surface area contributed by atoms with E-state index in [2.05, 4.69) is 20.8 Å². The largest absolute Gasteiger partial charge is 0.464 e. The van der Waals surface area contributed by atoms with Gasteiger partial charge in [0.1, 0.15) is 11.5 Å². The van der Waals surface area contributed by atoms with E-state index in [4.69, 9.17) is 0 Å². The van der Waals surface area contributed by atoms with Crippen LogP contribution >= 0.6 is 11.3 Å². The molecule has 0 atom stereocenters. The van der Waals surface area contributed by atoms with Crippen LogP contribution in [-0.4, -0.2) is 23.0 Å². The molecule has 0 unspecified atom stereocenters. The number of ether oxygens (including phenoxy) is 1. The highest BCUT2D eigenvalue weighted by atomic mass is 32.1. The molecule has 18 heavy (non-hydrogen) atoms. The highest BCUT2D eigenvalue weighted by Crippen LogP contribution is 2.32. The lowest BCUT2D eigenvalue weighted by Gasteiger charge is -1.95. The normalized spacial score (nSPS) is 10.7. The highest BCUT2D eigenvalue weighted by molar-refractivity contribution is 7.17. The second-order valence-corrected chi connectivity index (χ2v) is 4.69. The van der Waals surface area contributed by atoms with Crippen LogP contribution in [0, 0.1) is 0 Å². The summed E-state index contributed by atoms with van der Waals surface area (Å²) < 4.78 is 5.84. The highest BCUT2D eigenvalue weighted by Gasteiger charge is 2.13. The van der Waals surface area contributed by atoms with E-state index in [1.165, 1.54) is 18.0 Å². The zero-order valence-electron chi connectivity index (χ0n) is 9.64. The maximum atomic E-state index is 11.4. The van der Waals surface area contributed by atoms with Gasteiger partial charge in [-0.1, -0.05) is 18.2 Å². The summed E-state index contributed by atoms with van der Waals surface area (Å²) in [5.74, 6) is 0.279. The van der Waals surface area contributed by atoms with Crippen molar-refractivity contribution in [3.05, 3.63) is 41.5 Å². The van der Waals surface area contributed by atoms with Crippen molar-refractivity contribution in [3.63, 3.8) is 0 Å². The number of benzene rings is 1. The van der Waals surface area contributed by atoms with Gasteiger partial charge in [-0.3, -0.25) is 0 Å². The summed E-state index contributed by atoms with van der Waals surface area (Å²) in [6, 6.07) is 8.10. The van der Waals surface area contributed by atoms with Gasteiger partial charge < -0.3 is 9.72 Å². The number of nitrogens with one attached hydrogen (secondary N) is 1. The Kier molecular flexibility index (Phi) is 2.60. The van der Waals surface area contributed by atoms with E-state index in [1.807, 2.05) is 23.6 Å². The standard InChI is InChI=1S/C13H10N2O2S/c1-17-13(16)10-6-14-12(15-10)9-7-18-11-5-3-2-4-8(9)11/h2-7H,1H3,(H,14,15). The summed E-state index contributed by atoms with van der Waals surface area (Å²) in [6.45, 7) is 0. The second kappa shape index (κ2) is 4.27. The molecule has 3 rings (SSSR count). The fourth-order valence-electron chi connectivity index (χ4n) is 1.83. The van der Waals surface area contributed by atoms with E-state index < -0.39 is 5.97 Å². The Bertz CT molecular complexity index is 714. The molecule has 2 aromatic heterocycles. The molecule has 0 bridgehead atoms. The van der Waals surface area contributed by atoms with Crippen LogP contribution in [0.1, 0.15) is 10.5 Å². The van der Waals surface area contributed by atoms with Gasteiger partial charge in [-0.05, 0) is 6.07 Å².